The summed E-state index contributed by atoms with van der Waals surface area (Å²) in [5, 5.41) is 0.265. The van der Waals surface area contributed by atoms with Crippen LogP contribution in [-0.2, 0) is 0 Å². The van der Waals surface area contributed by atoms with Gasteiger partial charge in [-0.05, 0) is 51.2 Å². The number of hydrogen-bond acceptors (Lipinski definition) is 5. The van der Waals surface area contributed by atoms with E-state index in [-0.39, 0.29) is 58.8 Å². The molecule has 2 N–H and O–H groups in total. The Kier molecular flexibility index (Phi) is 6.48. The van der Waals surface area contributed by atoms with Crippen LogP contribution in [0.2, 0.25) is 5.02 Å². The number of piperidine rings is 1. The number of likely N-dealkylation sites (tertiary alicyclic amines) is 1. The minimum absolute atomic E-state index is 0. The van der Waals surface area contributed by atoms with Crippen LogP contribution >= 0.6 is 36.4 Å². The van der Waals surface area contributed by atoms with E-state index in [2.05, 4.69) is 19.9 Å². The summed E-state index contributed by atoms with van der Waals surface area (Å²) in [4.78, 5) is 51.8. The molecule has 0 radical (unpaired) electrons. The van der Waals surface area contributed by atoms with Gasteiger partial charge in [-0.3, -0.25) is 19.3 Å². The molecule has 0 unspecified atom stereocenters. The minimum atomic E-state index is -0.371. The molecule has 8 nitrogen and oxygen atoms in total. The summed E-state index contributed by atoms with van der Waals surface area (Å²) in [6.07, 6.45) is 3.01. The van der Waals surface area contributed by atoms with E-state index in [1.165, 1.54) is 11.1 Å². The maximum atomic E-state index is 13.0. The highest BCUT2D eigenvalue weighted by atomic mass is 35.5. The number of rotatable bonds is 2. The molecule has 31 heavy (non-hydrogen) atoms. The molecule has 0 bridgehead atoms. The number of H-pyrrole nitrogens is 2. The minimum Gasteiger partial charge on any atom is -0.338 e. The maximum Gasteiger partial charge on any atom is 0.261 e. The van der Waals surface area contributed by atoms with Gasteiger partial charge >= 0.3 is 0 Å². The summed E-state index contributed by atoms with van der Waals surface area (Å²) in [5.41, 5.74) is 1.65. The van der Waals surface area contributed by atoms with Gasteiger partial charge in [0.05, 0.1) is 27.2 Å². The molecule has 1 aromatic carbocycles. The first-order valence-corrected chi connectivity index (χ1v) is 9.79. The van der Waals surface area contributed by atoms with Crippen molar-refractivity contribution in [1.82, 2.24) is 24.8 Å². The lowest BCUT2D eigenvalue weighted by Gasteiger charge is -2.33. The lowest BCUT2D eigenvalue weighted by atomic mass is 10.0. The molecular weight excluding hydrogens is 465 g/mol. The van der Waals surface area contributed by atoms with Crippen LogP contribution in [0, 0.1) is 0 Å². The number of aromatic amines is 2. The van der Waals surface area contributed by atoms with Gasteiger partial charge < -0.3 is 14.9 Å². The van der Waals surface area contributed by atoms with Crippen LogP contribution < -0.4 is 5.56 Å². The second-order valence-electron chi connectivity index (χ2n) is 7.54. The van der Waals surface area contributed by atoms with Gasteiger partial charge in [0.25, 0.3) is 17.4 Å². The molecule has 164 valence electrons. The molecule has 0 aliphatic carbocycles. The standard InChI is InChI=1S/C20H18ClN5O3.2ClH/c1-25-6-3-10(4-7-25)26-19(28)11-8-14-15(9-12(11)20(26)29)24-17(23-14)16-13(21)2-5-22-18(16)27;;/h2,5,8-10H,3-4,6-7H2,1H3,(H,22,27)(H,23,24);2*1H. The fourth-order valence-electron chi connectivity index (χ4n) is 4.14. The number of benzene rings is 1. The largest absolute Gasteiger partial charge is 0.338 e. The van der Waals surface area contributed by atoms with Crippen molar-refractivity contribution in [2.75, 3.05) is 20.1 Å². The molecular formula is C20H20Cl3N5O3. The SMILES string of the molecule is CN1CCC(N2C(=O)c3cc4nc(-c5c(Cl)cc[nH]c5=O)[nH]c4cc3C2=O)CC1.Cl.Cl. The lowest BCUT2D eigenvalue weighted by molar-refractivity contribution is 0.0516. The number of fused-ring (bicyclic) bond motifs is 2. The second-order valence-corrected chi connectivity index (χ2v) is 7.95. The van der Waals surface area contributed by atoms with Crippen LogP contribution in [0.25, 0.3) is 22.4 Å². The summed E-state index contributed by atoms with van der Waals surface area (Å²) in [6, 6.07) is 4.74. The number of imidazole rings is 1. The van der Waals surface area contributed by atoms with Crippen LogP contribution in [0.3, 0.4) is 0 Å². The fraction of sp³-hybridized carbons (Fsp3) is 0.300. The van der Waals surface area contributed by atoms with Gasteiger partial charge in [0.15, 0.2) is 0 Å². The van der Waals surface area contributed by atoms with Crippen molar-refractivity contribution in [2.24, 2.45) is 0 Å². The van der Waals surface area contributed by atoms with Crippen molar-refractivity contribution >= 4 is 59.3 Å². The van der Waals surface area contributed by atoms with E-state index in [4.69, 9.17) is 11.6 Å². The van der Waals surface area contributed by atoms with Crippen molar-refractivity contribution in [2.45, 2.75) is 18.9 Å². The van der Waals surface area contributed by atoms with Crippen molar-refractivity contribution in [3.63, 3.8) is 0 Å². The number of nitrogens with one attached hydrogen (secondary N) is 2. The predicted molar refractivity (Wildman–Crippen MR) is 123 cm³/mol. The Morgan fingerprint density at radius 3 is 2.35 bits per heavy atom. The molecule has 2 aromatic heterocycles. The number of halogens is 3. The molecule has 11 heteroatoms. The van der Waals surface area contributed by atoms with E-state index in [1.54, 1.807) is 18.2 Å². The van der Waals surface area contributed by atoms with E-state index < -0.39 is 0 Å². The Labute approximate surface area is 194 Å². The van der Waals surface area contributed by atoms with Crippen molar-refractivity contribution < 1.29 is 9.59 Å². The van der Waals surface area contributed by atoms with E-state index in [0.29, 0.717) is 28.0 Å². The lowest BCUT2D eigenvalue weighted by Crippen LogP contribution is -2.46. The van der Waals surface area contributed by atoms with Gasteiger partial charge in [-0.1, -0.05) is 11.6 Å². The third-order valence-corrected chi connectivity index (χ3v) is 6.03. The summed E-state index contributed by atoms with van der Waals surface area (Å²) < 4.78 is 0. The molecule has 4 heterocycles. The third-order valence-electron chi connectivity index (χ3n) is 5.72. The van der Waals surface area contributed by atoms with E-state index in [9.17, 15) is 14.4 Å². The van der Waals surface area contributed by atoms with Crippen molar-refractivity contribution in [1.29, 1.82) is 0 Å². The smallest absolute Gasteiger partial charge is 0.261 e. The zero-order valence-electron chi connectivity index (χ0n) is 16.5. The number of carbonyl (C=O) groups is 2. The molecule has 1 fully saturated rings. The number of carbonyl (C=O) groups excluding carboxylic acids is 2. The number of nitrogens with zero attached hydrogens (tertiary/aromatic N) is 3. The fourth-order valence-corrected chi connectivity index (χ4v) is 4.38. The van der Waals surface area contributed by atoms with E-state index in [1.807, 2.05) is 7.05 Å². The van der Waals surface area contributed by atoms with E-state index in [0.717, 1.165) is 25.9 Å². The van der Waals surface area contributed by atoms with Crippen LogP contribution in [0.15, 0.2) is 29.2 Å². The first kappa shape index (κ1) is 23.3. The number of aromatic nitrogens is 3. The quantitative estimate of drug-likeness (QED) is 0.544. The Morgan fingerprint density at radius 2 is 1.71 bits per heavy atom. The normalized spacial score (nSPS) is 16.9. The molecule has 2 amide bonds. The van der Waals surface area contributed by atoms with Crippen molar-refractivity contribution in [3.8, 4) is 11.4 Å². The Bertz CT molecular complexity index is 1180. The average Bonchev–Trinajstić information content (AvgIpc) is 3.20. The van der Waals surface area contributed by atoms with Gasteiger partial charge in [-0.25, -0.2) is 4.98 Å². The zero-order valence-corrected chi connectivity index (χ0v) is 18.9. The predicted octanol–water partition coefficient (Wildman–Crippen LogP) is 3.11. The van der Waals surface area contributed by atoms with Gasteiger partial charge in [0.2, 0.25) is 0 Å². The summed E-state index contributed by atoms with van der Waals surface area (Å²) in [5.74, 6) is -0.252. The van der Waals surface area contributed by atoms with Crippen LogP contribution in [-0.4, -0.2) is 62.7 Å². The highest BCUT2D eigenvalue weighted by Crippen LogP contribution is 2.32. The Morgan fingerprint density at radius 1 is 1.06 bits per heavy atom. The van der Waals surface area contributed by atoms with Gasteiger partial charge in [-0.15, -0.1) is 24.8 Å². The van der Waals surface area contributed by atoms with Gasteiger partial charge in [0.1, 0.15) is 11.4 Å². The summed E-state index contributed by atoms with van der Waals surface area (Å²) >= 11 is 6.16. The first-order valence-electron chi connectivity index (χ1n) is 9.42. The average molecular weight is 485 g/mol. The molecule has 0 saturated carbocycles. The highest BCUT2D eigenvalue weighted by Gasteiger charge is 2.41. The monoisotopic (exact) mass is 483 g/mol. The molecule has 2 aliphatic heterocycles. The van der Waals surface area contributed by atoms with Crippen LogP contribution in [0.4, 0.5) is 0 Å². The topological polar surface area (TPSA) is 102 Å². The van der Waals surface area contributed by atoms with E-state index >= 15 is 0 Å². The zero-order chi connectivity index (χ0) is 20.3. The number of pyridine rings is 1. The third kappa shape index (κ3) is 3.74. The maximum absolute atomic E-state index is 13.0. The second kappa shape index (κ2) is 8.63. The molecule has 0 spiro atoms. The van der Waals surface area contributed by atoms with Gasteiger partial charge in [0, 0.05) is 12.2 Å². The molecule has 0 atom stereocenters. The summed E-state index contributed by atoms with van der Waals surface area (Å²) in [6.45, 7) is 1.71. The molecule has 1 saturated heterocycles. The Hall–Kier alpha value is -2.39. The highest BCUT2D eigenvalue weighted by molar-refractivity contribution is 6.33. The van der Waals surface area contributed by atoms with Crippen LogP contribution in [0.5, 0.6) is 0 Å². The first-order chi connectivity index (χ1) is 13.9. The molecule has 5 rings (SSSR count). The Balaban J connectivity index is 0.00000136. The van der Waals surface area contributed by atoms with Crippen molar-refractivity contribution in [3.05, 3.63) is 50.9 Å². The molecule has 2 aliphatic rings. The van der Waals surface area contributed by atoms with Crippen LogP contribution in [0.1, 0.15) is 33.6 Å². The number of imide groups is 1. The summed E-state index contributed by atoms with van der Waals surface area (Å²) in [7, 11) is 2.04. The number of amides is 2. The van der Waals surface area contributed by atoms with Gasteiger partial charge in [-0.2, -0.15) is 0 Å². The number of hydrogen-bond donors (Lipinski definition) is 2. The molecule has 3 aromatic rings.